The molecule has 28 heavy (non-hydrogen) atoms. The first-order chi connectivity index (χ1) is 13.6. The van der Waals surface area contributed by atoms with Gasteiger partial charge in [-0.3, -0.25) is 14.6 Å². The van der Waals surface area contributed by atoms with Gasteiger partial charge in [-0.1, -0.05) is 41.9 Å². The van der Waals surface area contributed by atoms with Crippen molar-refractivity contribution in [3.8, 4) is 5.75 Å². The number of nitrogens with one attached hydrogen (secondary N) is 2. The average Bonchev–Trinajstić information content (AvgIpc) is 2.73. The van der Waals surface area contributed by atoms with E-state index in [0.717, 1.165) is 17.4 Å². The van der Waals surface area contributed by atoms with Gasteiger partial charge in [-0.15, -0.1) is 0 Å². The molecule has 2 aromatic carbocycles. The molecule has 144 valence electrons. The third-order valence-electron chi connectivity index (χ3n) is 4.06. The van der Waals surface area contributed by atoms with Crippen LogP contribution in [0.15, 0.2) is 60.8 Å². The normalized spacial score (nSPS) is 10.5. The fraction of sp³-hybridized carbons (Fsp3) is 0.190. The van der Waals surface area contributed by atoms with E-state index >= 15 is 0 Å². The van der Waals surface area contributed by atoms with E-state index < -0.39 is 5.91 Å². The van der Waals surface area contributed by atoms with Crippen molar-refractivity contribution >= 4 is 34.3 Å². The molecule has 0 fully saturated rings. The van der Waals surface area contributed by atoms with E-state index in [2.05, 4.69) is 15.6 Å². The molecule has 0 aliphatic heterocycles. The number of aromatic nitrogens is 1. The number of nitrogens with zero attached hydrogens (tertiary/aromatic N) is 1. The van der Waals surface area contributed by atoms with E-state index in [9.17, 15) is 9.59 Å². The van der Waals surface area contributed by atoms with E-state index in [1.54, 1.807) is 24.4 Å². The van der Waals surface area contributed by atoms with Crippen molar-refractivity contribution in [2.24, 2.45) is 0 Å². The first-order valence-electron chi connectivity index (χ1n) is 8.87. The van der Waals surface area contributed by atoms with Crippen LogP contribution in [0.3, 0.4) is 0 Å². The monoisotopic (exact) mass is 397 g/mol. The zero-order chi connectivity index (χ0) is 19.8. The van der Waals surface area contributed by atoms with Gasteiger partial charge >= 0.3 is 0 Å². The van der Waals surface area contributed by atoms with Gasteiger partial charge in [0.15, 0.2) is 6.61 Å². The summed E-state index contributed by atoms with van der Waals surface area (Å²) in [5.41, 5.74) is 1.73. The van der Waals surface area contributed by atoms with E-state index in [1.165, 1.54) is 0 Å². The van der Waals surface area contributed by atoms with Crippen molar-refractivity contribution in [3.63, 3.8) is 0 Å². The zero-order valence-electron chi connectivity index (χ0n) is 15.2. The summed E-state index contributed by atoms with van der Waals surface area (Å²) in [6.45, 7) is 0.193. The van der Waals surface area contributed by atoms with E-state index in [4.69, 9.17) is 16.3 Å². The third kappa shape index (κ3) is 5.44. The minimum atomic E-state index is -0.391. The molecule has 6 nitrogen and oxygen atoms in total. The van der Waals surface area contributed by atoms with Crippen LogP contribution in [0.4, 0.5) is 0 Å². The Morgan fingerprint density at radius 1 is 0.964 bits per heavy atom. The summed E-state index contributed by atoms with van der Waals surface area (Å²) >= 11 is 6.14. The van der Waals surface area contributed by atoms with Crippen LogP contribution < -0.4 is 15.4 Å². The van der Waals surface area contributed by atoms with Crippen LogP contribution in [0.25, 0.3) is 10.9 Å². The molecule has 1 aromatic heterocycles. The van der Waals surface area contributed by atoms with Gasteiger partial charge in [-0.05, 0) is 36.2 Å². The van der Waals surface area contributed by atoms with Crippen molar-refractivity contribution in [1.82, 2.24) is 15.6 Å². The number of benzene rings is 2. The summed E-state index contributed by atoms with van der Waals surface area (Å²) in [5, 5.41) is 6.62. The SMILES string of the molecule is O=C(CNC(=O)COc1ccc(Cl)c2cccnc12)NCCc1ccccc1. The largest absolute Gasteiger partial charge is 0.481 e. The molecule has 2 amide bonds. The molecule has 0 saturated carbocycles. The predicted octanol–water partition coefficient (Wildman–Crippen LogP) is 2.74. The van der Waals surface area contributed by atoms with Gasteiger partial charge in [0.2, 0.25) is 5.91 Å². The highest BCUT2D eigenvalue weighted by molar-refractivity contribution is 6.35. The second kappa shape index (κ2) is 9.71. The molecule has 0 unspecified atom stereocenters. The van der Waals surface area contributed by atoms with Crippen LogP contribution >= 0.6 is 11.6 Å². The summed E-state index contributed by atoms with van der Waals surface area (Å²) in [5.74, 6) is -0.178. The second-order valence-corrected chi connectivity index (χ2v) is 6.50. The molecule has 1 heterocycles. The number of amides is 2. The topological polar surface area (TPSA) is 80.3 Å². The maximum Gasteiger partial charge on any atom is 0.258 e. The predicted molar refractivity (Wildman–Crippen MR) is 108 cm³/mol. The Hall–Kier alpha value is -3.12. The minimum Gasteiger partial charge on any atom is -0.481 e. The van der Waals surface area contributed by atoms with Crippen LogP contribution in [0.1, 0.15) is 5.56 Å². The Labute approximate surface area is 167 Å². The highest BCUT2D eigenvalue weighted by Crippen LogP contribution is 2.29. The van der Waals surface area contributed by atoms with Gasteiger partial charge in [0, 0.05) is 18.1 Å². The highest BCUT2D eigenvalue weighted by atomic mass is 35.5. The van der Waals surface area contributed by atoms with Crippen LogP contribution in [0.2, 0.25) is 5.02 Å². The molecule has 3 aromatic rings. The van der Waals surface area contributed by atoms with E-state index in [-0.39, 0.29) is 19.1 Å². The van der Waals surface area contributed by atoms with Crippen LogP contribution in [0, 0.1) is 0 Å². The molecule has 0 aliphatic rings. The lowest BCUT2D eigenvalue weighted by atomic mass is 10.1. The van der Waals surface area contributed by atoms with Crippen molar-refractivity contribution in [2.45, 2.75) is 6.42 Å². The lowest BCUT2D eigenvalue weighted by Crippen LogP contribution is -2.39. The molecule has 2 N–H and O–H groups in total. The van der Waals surface area contributed by atoms with Gasteiger partial charge in [0.1, 0.15) is 11.3 Å². The Balaban J connectivity index is 1.41. The highest BCUT2D eigenvalue weighted by Gasteiger charge is 2.10. The summed E-state index contributed by atoms with van der Waals surface area (Å²) in [6.07, 6.45) is 2.37. The molecule has 0 bridgehead atoms. The number of fused-ring (bicyclic) bond motifs is 1. The first kappa shape index (κ1) is 19.6. The maximum absolute atomic E-state index is 12.0. The Morgan fingerprint density at radius 2 is 1.79 bits per heavy atom. The molecule has 0 radical (unpaired) electrons. The molecule has 7 heteroatoms. The van der Waals surface area contributed by atoms with Crippen molar-refractivity contribution < 1.29 is 14.3 Å². The summed E-state index contributed by atoms with van der Waals surface area (Å²) in [6, 6.07) is 16.8. The lowest BCUT2D eigenvalue weighted by Gasteiger charge is -2.10. The number of halogens is 1. The number of ether oxygens (including phenoxy) is 1. The molecular weight excluding hydrogens is 378 g/mol. The van der Waals surface area contributed by atoms with Gasteiger partial charge in [0.05, 0.1) is 11.6 Å². The number of rotatable bonds is 8. The average molecular weight is 398 g/mol. The van der Waals surface area contributed by atoms with Gasteiger partial charge < -0.3 is 15.4 Å². The Morgan fingerprint density at radius 3 is 2.61 bits per heavy atom. The summed E-state index contributed by atoms with van der Waals surface area (Å²) in [4.78, 5) is 28.0. The number of hydrogen-bond donors (Lipinski definition) is 2. The second-order valence-electron chi connectivity index (χ2n) is 6.10. The zero-order valence-corrected chi connectivity index (χ0v) is 15.9. The third-order valence-corrected chi connectivity index (χ3v) is 4.39. The number of pyridine rings is 1. The van der Waals surface area contributed by atoms with Crippen molar-refractivity contribution in [2.75, 3.05) is 19.7 Å². The van der Waals surface area contributed by atoms with Crippen LogP contribution in [0.5, 0.6) is 5.75 Å². The Kier molecular flexibility index (Phi) is 6.81. The quantitative estimate of drug-likeness (QED) is 0.612. The fourth-order valence-corrected chi connectivity index (χ4v) is 2.87. The molecule has 0 aliphatic carbocycles. The van der Waals surface area contributed by atoms with Crippen molar-refractivity contribution in [1.29, 1.82) is 0 Å². The summed E-state index contributed by atoms with van der Waals surface area (Å²) < 4.78 is 5.54. The number of carbonyl (C=O) groups excluding carboxylic acids is 2. The van der Waals surface area contributed by atoms with E-state index in [1.807, 2.05) is 36.4 Å². The van der Waals surface area contributed by atoms with Crippen LogP contribution in [-0.2, 0) is 16.0 Å². The molecule has 0 saturated heterocycles. The lowest BCUT2D eigenvalue weighted by molar-refractivity contribution is -0.127. The summed E-state index contributed by atoms with van der Waals surface area (Å²) in [7, 11) is 0. The Bertz CT molecular complexity index is 964. The first-order valence-corrected chi connectivity index (χ1v) is 9.24. The standard InChI is InChI=1S/C21H20ClN3O3/c22-17-8-9-18(21-16(17)7-4-11-24-21)28-14-20(27)25-13-19(26)23-12-10-15-5-2-1-3-6-15/h1-9,11H,10,12-14H2,(H,23,26)(H,25,27). The van der Waals surface area contributed by atoms with Crippen LogP contribution in [-0.4, -0.2) is 36.5 Å². The molecule has 0 atom stereocenters. The van der Waals surface area contributed by atoms with E-state index in [0.29, 0.717) is 22.8 Å². The molecule has 3 rings (SSSR count). The maximum atomic E-state index is 12.0. The van der Waals surface area contributed by atoms with Gasteiger partial charge in [-0.25, -0.2) is 0 Å². The number of hydrogen-bond acceptors (Lipinski definition) is 4. The smallest absolute Gasteiger partial charge is 0.258 e. The molecule has 0 spiro atoms. The number of carbonyl (C=O) groups is 2. The van der Waals surface area contributed by atoms with Gasteiger partial charge in [-0.2, -0.15) is 0 Å². The van der Waals surface area contributed by atoms with Crippen molar-refractivity contribution in [3.05, 3.63) is 71.4 Å². The van der Waals surface area contributed by atoms with Gasteiger partial charge in [0.25, 0.3) is 5.91 Å². The fourth-order valence-electron chi connectivity index (χ4n) is 2.66. The molecular formula is C21H20ClN3O3. The minimum absolute atomic E-state index is 0.101.